The van der Waals surface area contributed by atoms with Crippen LogP contribution >= 0.6 is 0 Å². The molecule has 3 aromatic carbocycles. The lowest BCUT2D eigenvalue weighted by molar-refractivity contribution is 0.101. The van der Waals surface area contributed by atoms with Crippen molar-refractivity contribution in [2.45, 2.75) is 13.8 Å². The second-order valence-electron chi connectivity index (χ2n) is 8.75. The van der Waals surface area contributed by atoms with Crippen LogP contribution in [0.4, 0.5) is 11.4 Å². The normalized spacial score (nSPS) is 10.9. The standard InChI is InChI=1S/C29H25N5O3/c1-18-16-24(23-14-7-8-15-25(23)30-18)28(36)31-21-11-9-10-20(17-21)27(35)32-26-19(2)33(3)34(29(26)37)22-12-5-4-6-13-22/h4-17H,1-3H3,(H,31,36)(H,32,35). The van der Waals surface area contributed by atoms with Gasteiger partial charge in [0.05, 0.1) is 22.5 Å². The number of carbonyl (C=O) groups is 2. The first-order chi connectivity index (χ1) is 17.8. The Labute approximate surface area is 213 Å². The summed E-state index contributed by atoms with van der Waals surface area (Å²) in [6, 6.07) is 25.0. The Morgan fingerprint density at radius 2 is 1.54 bits per heavy atom. The molecule has 0 spiro atoms. The number of aryl methyl sites for hydroxylation is 1. The number of para-hydroxylation sites is 2. The summed E-state index contributed by atoms with van der Waals surface area (Å²) in [7, 11) is 1.76. The molecule has 0 unspecified atom stereocenters. The molecular weight excluding hydrogens is 466 g/mol. The zero-order valence-electron chi connectivity index (χ0n) is 20.6. The van der Waals surface area contributed by atoms with E-state index in [0.717, 1.165) is 16.6 Å². The molecule has 0 aliphatic heterocycles. The predicted octanol–water partition coefficient (Wildman–Crippen LogP) is 4.85. The molecule has 2 amide bonds. The molecule has 0 aliphatic carbocycles. The largest absolute Gasteiger partial charge is 0.322 e. The quantitative estimate of drug-likeness (QED) is 0.367. The highest BCUT2D eigenvalue weighted by Gasteiger charge is 2.19. The van der Waals surface area contributed by atoms with Crippen LogP contribution in [0.25, 0.3) is 16.6 Å². The number of hydrogen-bond donors (Lipinski definition) is 2. The van der Waals surface area contributed by atoms with E-state index in [9.17, 15) is 14.4 Å². The van der Waals surface area contributed by atoms with E-state index in [1.165, 1.54) is 4.68 Å². The lowest BCUT2D eigenvalue weighted by atomic mass is 10.1. The van der Waals surface area contributed by atoms with Crippen LogP contribution in [0.15, 0.2) is 89.7 Å². The van der Waals surface area contributed by atoms with Crippen molar-refractivity contribution >= 4 is 34.1 Å². The monoisotopic (exact) mass is 491 g/mol. The number of amides is 2. The predicted molar refractivity (Wildman–Crippen MR) is 145 cm³/mol. The van der Waals surface area contributed by atoms with E-state index in [1.54, 1.807) is 49.0 Å². The number of nitrogens with zero attached hydrogens (tertiary/aromatic N) is 3. The average Bonchev–Trinajstić information content (AvgIpc) is 3.11. The zero-order chi connectivity index (χ0) is 26.1. The van der Waals surface area contributed by atoms with Gasteiger partial charge in [-0.15, -0.1) is 0 Å². The van der Waals surface area contributed by atoms with Crippen LogP contribution in [0.5, 0.6) is 0 Å². The summed E-state index contributed by atoms with van der Waals surface area (Å²) in [5.74, 6) is -0.753. The lowest BCUT2D eigenvalue weighted by Crippen LogP contribution is -2.23. The van der Waals surface area contributed by atoms with E-state index in [-0.39, 0.29) is 17.2 Å². The van der Waals surface area contributed by atoms with Crippen molar-refractivity contribution in [1.82, 2.24) is 14.3 Å². The summed E-state index contributed by atoms with van der Waals surface area (Å²) >= 11 is 0. The topological polar surface area (TPSA) is 98.0 Å². The smallest absolute Gasteiger partial charge is 0.295 e. The first kappa shape index (κ1) is 23.7. The van der Waals surface area contributed by atoms with Crippen LogP contribution in [0.1, 0.15) is 32.1 Å². The molecule has 0 bridgehead atoms. The van der Waals surface area contributed by atoms with Gasteiger partial charge in [-0.2, -0.15) is 0 Å². The van der Waals surface area contributed by atoms with E-state index in [0.29, 0.717) is 28.2 Å². The van der Waals surface area contributed by atoms with Gasteiger partial charge in [0, 0.05) is 29.4 Å². The van der Waals surface area contributed by atoms with Crippen molar-refractivity contribution in [3.63, 3.8) is 0 Å². The Morgan fingerprint density at radius 3 is 2.32 bits per heavy atom. The highest BCUT2D eigenvalue weighted by Crippen LogP contribution is 2.21. The van der Waals surface area contributed by atoms with E-state index in [4.69, 9.17) is 0 Å². The molecule has 0 saturated carbocycles. The van der Waals surface area contributed by atoms with Gasteiger partial charge in [0.25, 0.3) is 17.4 Å². The number of carbonyl (C=O) groups excluding carboxylic acids is 2. The number of nitrogens with one attached hydrogen (secondary N) is 2. The first-order valence-electron chi connectivity index (χ1n) is 11.8. The van der Waals surface area contributed by atoms with Crippen molar-refractivity contribution in [3.05, 3.63) is 118 Å². The fraction of sp³-hybridized carbons (Fsp3) is 0.103. The second-order valence-corrected chi connectivity index (χ2v) is 8.75. The zero-order valence-corrected chi connectivity index (χ0v) is 20.6. The van der Waals surface area contributed by atoms with Gasteiger partial charge in [-0.3, -0.25) is 24.0 Å². The molecule has 2 aromatic heterocycles. The number of benzene rings is 3. The highest BCUT2D eigenvalue weighted by atomic mass is 16.2. The molecule has 37 heavy (non-hydrogen) atoms. The molecule has 2 N–H and O–H groups in total. The molecule has 5 rings (SSSR count). The van der Waals surface area contributed by atoms with E-state index >= 15 is 0 Å². The number of rotatable bonds is 5. The van der Waals surface area contributed by atoms with Crippen LogP contribution < -0.4 is 16.2 Å². The van der Waals surface area contributed by atoms with Crippen LogP contribution in [-0.2, 0) is 7.05 Å². The fourth-order valence-corrected chi connectivity index (χ4v) is 4.33. The summed E-state index contributed by atoms with van der Waals surface area (Å²) < 4.78 is 3.20. The van der Waals surface area contributed by atoms with Gasteiger partial charge in [-0.05, 0) is 56.3 Å². The maximum absolute atomic E-state index is 13.1. The molecule has 0 aliphatic rings. The Bertz CT molecular complexity index is 1720. The Hall–Kier alpha value is -4.98. The number of hydrogen-bond acceptors (Lipinski definition) is 4. The number of aromatic nitrogens is 3. The van der Waals surface area contributed by atoms with E-state index in [2.05, 4.69) is 15.6 Å². The molecule has 2 heterocycles. The summed E-state index contributed by atoms with van der Waals surface area (Å²) in [5.41, 5.74) is 3.92. The highest BCUT2D eigenvalue weighted by molar-refractivity contribution is 6.13. The third kappa shape index (κ3) is 4.52. The van der Waals surface area contributed by atoms with Crippen LogP contribution in [0.2, 0.25) is 0 Å². The van der Waals surface area contributed by atoms with Crippen molar-refractivity contribution in [2.75, 3.05) is 10.6 Å². The van der Waals surface area contributed by atoms with Crippen LogP contribution in [0, 0.1) is 13.8 Å². The summed E-state index contributed by atoms with van der Waals surface area (Å²) in [6.45, 7) is 3.61. The SMILES string of the molecule is Cc1cc(C(=O)Nc2cccc(C(=O)Nc3c(C)n(C)n(-c4ccccc4)c3=O)c2)c2ccccc2n1. The minimum Gasteiger partial charge on any atom is -0.322 e. The van der Waals surface area contributed by atoms with Gasteiger partial charge >= 0.3 is 0 Å². The summed E-state index contributed by atoms with van der Waals surface area (Å²) in [5, 5.41) is 6.38. The van der Waals surface area contributed by atoms with E-state index < -0.39 is 5.91 Å². The van der Waals surface area contributed by atoms with Gasteiger partial charge in [-0.25, -0.2) is 4.68 Å². The van der Waals surface area contributed by atoms with E-state index in [1.807, 2.05) is 61.5 Å². The average molecular weight is 492 g/mol. The van der Waals surface area contributed by atoms with Gasteiger partial charge in [0.15, 0.2) is 0 Å². The Kier molecular flexibility index (Phi) is 6.15. The van der Waals surface area contributed by atoms with Gasteiger partial charge in [-0.1, -0.05) is 42.5 Å². The molecule has 8 heteroatoms. The van der Waals surface area contributed by atoms with Gasteiger partial charge in [0.1, 0.15) is 5.69 Å². The second kappa shape index (κ2) is 9.58. The number of pyridine rings is 1. The van der Waals surface area contributed by atoms with Crippen molar-refractivity contribution in [2.24, 2.45) is 7.05 Å². The van der Waals surface area contributed by atoms with Crippen molar-refractivity contribution in [1.29, 1.82) is 0 Å². The fourth-order valence-electron chi connectivity index (χ4n) is 4.33. The number of fused-ring (bicyclic) bond motifs is 1. The minimum atomic E-state index is -0.452. The molecule has 184 valence electrons. The Morgan fingerprint density at radius 1 is 0.811 bits per heavy atom. The van der Waals surface area contributed by atoms with Crippen molar-refractivity contribution < 1.29 is 9.59 Å². The first-order valence-corrected chi connectivity index (χ1v) is 11.8. The number of anilines is 2. The van der Waals surface area contributed by atoms with Gasteiger partial charge < -0.3 is 10.6 Å². The third-order valence-corrected chi connectivity index (χ3v) is 6.26. The molecule has 0 atom stereocenters. The van der Waals surface area contributed by atoms with Gasteiger partial charge in [0.2, 0.25) is 0 Å². The maximum atomic E-state index is 13.1. The molecule has 0 radical (unpaired) electrons. The summed E-state index contributed by atoms with van der Waals surface area (Å²) in [6.07, 6.45) is 0. The minimum absolute atomic E-state index is 0.199. The van der Waals surface area contributed by atoms with Crippen LogP contribution in [-0.4, -0.2) is 26.2 Å². The molecular formula is C29H25N5O3. The lowest BCUT2D eigenvalue weighted by Gasteiger charge is -2.10. The molecule has 5 aromatic rings. The van der Waals surface area contributed by atoms with Crippen LogP contribution in [0.3, 0.4) is 0 Å². The summed E-state index contributed by atoms with van der Waals surface area (Å²) in [4.78, 5) is 43.9. The van der Waals surface area contributed by atoms with Crippen molar-refractivity contribution in [3.8, 4) is 5.69 Å². The Balaban J connectivity index is 1.40. The maximum Gasteiger partial charge on any atom is 0.295 e. The molecule has 8 nitrogen and oxygen atoms in total. The molecule has 0 fully saturated rings. The third-order valence-electron chi connectivity index (χ3n) is 6.26. The molecule has 0 saturated heterocycles.